The Labute approximate surface area is 279 Å². The first-order valence-electron chi connectivity index (χ1n) is 15.0. The second kappa shape index (κ2) is 11.2. The Hall–Kier alpha value is -4.67. The maximum absolute atomic E-state index is 15.2. The van der Waals surface area contributed by atoms with Crippen LogP contribution >= 0.6 is 23.2 Å². The zero-order chi connectivity index (χ0) is 33.4. The molecule has 6 atom stereocenters. The summed E-state index contributed by atoms with van der Waals surface area (Å²) in [4.78, 5) is 71.5. The predicted molar refractivity (Wildman–Crippen MR) is 170 cm³/mol. The van der Waals surface area contributed by atoms with E-state index in [4.69, 9.17) is 32.7 Å². The van der Waals surface area contributed by atoms with Gasteiger partial charge in [0.05, 0.1) is 48.1 Å². The molecular formula is C35H28Cl2N2O8. The van der Waals surface area contributed by atoms with E-state index in [0.717, 1.165) is 12.0 Å². The second-order valence-corrected chi connectivity index (χ2v) is 13.0. The Kier molecular flexibility index (Phi) is 7.40. The summed E-state index contributed by atoms with van der Waals surface area (Å²) in [5.74, 6) is -7.07. The number of phenolic OH excluding ortho intramolecular Hbond substituents is 1. The van der Waals surface area contributed by atoms with E-state index in [-0.39, 0.29) is 35.1 Å². The number of fused-ring (bicyclic) bond motifs is 4. The van der Waals surface area contributed by atoms with E-state index in [9.17, 15) is 24.3 Å². The second-order valence-electron chi connectivity index (χ2n) is 12.1. The van der Waals surface area contributed by atoms with Crippen LogP contribution in [0.25, 0.3) is 0 Å². The van der Waals surface area contributed by atoms with E-state index in [1.807, 2.05) is 6.08 Å². The molecule has 1 saturated carbocycles. The van der Waals surface area contributed by atoms with Gasteiger partial charge in [0.25, 0.3) is 0 Å². The van der Waals surface area contributed by atoms with Crippen LogP contribution in [0.4, 0.5) is 10.5 Å². The molecule has 2 heterocycles. The lowest BCUT2D eigenvalue weighted by Crippen LogP contribution is -2.53. The first-order valence-corrected chi connectivity index (χ1v) is 15.7. The molecule has 7 rings (SSSR count). The lowest BCUT2D eigenvalue weighted by atomic mass is 9.49. The third-order valence-electron chi connectivity index (χ3n) is 10.1. The standard InChI is InChI=1S/C35H28Cl2N2O8/c1-46-26-14-17(13-25(37)29(26)40)28-21-11-12-22-27(32(43)39(30(22)41)34(45)47-2)23(21)16-24-31(42)38(20-10-6-9-19(36)15-20)33(44)35(24,28)18-7-4-3-5-8-18/h3-11,13-15,22-24,27-28,40H,12,16H2,1-2H3/t22-,23+,24-,27-,28-,35+/m0/s1. The highest BCUT2D eigenvalue weighted by molar-refractivity contribution is 6.33. The zero-order valence-electron chi connectivity index (χ0n) is 25.2. The van der Waals surface area contributed by atoms with E-state index in [2.05, 4.69) is 0 Å². The number of carbonyl (C=O) groups excluding carboxylic acids is 5. The highest BCUT2D eigenvalue weighted by Gasteiger charge is 2.70. The van der Waals surface area contributed by atoms with Crippen LogP contribution in [0, 0.1) is 23.7 Å². The third-order valence-corrected chi connectivity index (χ3v) is 10.7. The van der Waals surface area contributed by atoms with Crippen molar-refractivity contribution < 1.29 is 38.6 Å². The van der Waals surface area contributed by atoms with Gasteiger partial charge in [-0.2, -0.15) is 4.90 Å². The van der Waals surface area contributed by atoms with Gasteiger partial charge in [-0.05, 0) is 60.2 Å². The molecule has 4 aliphatic rings. The Morgan fingerprint density at radius 2 is 1.66 bits per heavy atom. The van der Waals surface area contributed by atoms with Crippen LogP contribution in [0.2, 0.25) is 10.0 Å². The fourth-order valence-corrected chi connectivity index (χ4v) is 8.71. The molecule has 2 aliphatic carbocycles. The summed E-state index contributed by atoms with van der Waals surface area (Å²) >= 11 is 12.9. The Morgan fingerprint density at radius 3 is 2.34 bits per heavy atom. The van der Waals surface area contributed by atoms with Crippen LogP contribution in [0.5, 0.6) is 11.5 Å². The Balaban J connectivity index is 1.52. The van der Waals surface area contributed by atoms with Crippen LogP contribution in [-0.4, -0.2) is 53.9 Å². The molecule has 3 aromatic carbocycles. The predicted octanol–water partition coefficient (Wildman–Crippen LogP) is 5.64. The summed E-state index contributed by atoms with van der Waals surface area (Å²) in [5, 5.41) is 11.0. The van der Waals surface area contributed by atoms with Crippen molar-refractivity contribution in [2.75, 3.05) is 19.1 Å². The van der Waals surface area contributed by atoms with Gasteiger partial charge in [0, 0.05) is 10.9 Å². The number of carbonyl (C=O) groups is 5. The molecule has 1 N–H and O–H groups in total. The molecule has 0 radical (unpaired) electrons. The molecule has 47 heavy (non-hydrogen) atoms. The van der Waals surface area contributed by atoms with Gasteiger partial charge in [-0.25, -0.2) is 9.69 Å². The number of likely N-dealkylation sites (tertiary alicyclic amines) is 1. The zero-order valence-corrected chi connectivity index (χ0v) is 26.7. The summed E-state index contributed by atoms with van der Waals surface area (Å²) < 4.78 is 10.2. The molecule has 3 aromatic rings. The fraction of sp³-hybridized carbons (Fsp3) is 0.286. The van der Waals surface area contributed by atoms with Crippen molar-refractivity contribution in [3.8, 4) is 11.5 Å². The summed E-state index contributed by atoms with van der Waals surface area (Å²) in [6, 6.07) is 18.5. The number of nitrogens with zero attached hydrogens (tertiary/aromatic N) is 2. The SMILES string of the molecule is COC(=O)N1C(=O)[C@H]2[C@H](CC=C3[C@H]2C[C@H]2C(=O)N(c4cccc(Cl)c4)C(=O)[C@@]2(c2ccccc2)[C@H]3c2cc(Cl)c(O)c(OC)c2)C1=O. The molecule has 10 nitrogen and oxygen atoms in total. The first-order chi connectivity index (χ1) is 22.6. The molecule has 0 aromatic heterocycles. The summed E-state index contributed by atoms with van der Waals surface area (Å²) in [5.41, 5.74) is 0.416. The number of ether oxygens (including phenoxy) is 2. The molecular weight excluding hydrogens is 647 g/mol. The topological polar surface area (TPSA) is 131 Å². The lowest BCUT2D eigenvalue weighted by molar-refractivity contribution is -0.138. The number of hydrogen-bond acceptors (Lipinski definition) is 8. The van der Waals surface area contributed by atoms with E-state index in [0.29, 0.717) is 26.6 Å². The average molecular weight is 676 g/mol. The summed E-state index contributed by atoms with van der Waals surface area (Å²) in [7, 11) is 2.46. The van der Waals surface area contributed by atoms with Crippen molar-refractivity contribution in [2.45, 2.75) is 24.2 Å². The molecule has 12 heteroatoms. The van der Waals surface area contributed by atoms with Crippen molar-refractivity contribution in [3.63, 3.8) is 0 Å². The number of imide groups is 4. The minimum Gasteiger partial charge on any atom is -0.503 e. The highest BCUT2D eigenvalue weighted by Crippen LogP contribution is 2.65. The van der Waals surface area contributed by atoms with Crippen molar-refractivity contribution in [2.24, 2.45) is 23.7 Å². The van der Waals surface area contributed by atoms with Gasteiger partial charge in [0.1, 0.15) is 0 Å². The van der Waals surface area contributed by atoms with Gasteiger partial charge in [0.15, 0.2) is 11.5 Å². The normalized spacial score (nSPS) is 28.1. The highest BCUT2D eigenvalue weighted by atomic mass is 35.5. The van der Waals surface area contributed by atoms with E-state index in [1.165, 1.54) is 13.2 Å². The summed E-state index contributed by atoms with van der Waals surface area (Å²) in [6.07, 6.45) is 0.924. The number of hydrogen-bond donors (Lipinski definition) is 1. The molecule has 2 aliphatic heterocycles. The number of anilines is 1. The van der Waals surface area contributed by atoms with Gasteiger partial charge in [-0.1, -0.05) is 71.2 Å². The van der Waals surface area contributed by atoms with Gasteiger partial charge in [-0.3, -0.25) is 19.2 Å². The van der Waals surface area contributed by atoms with Crippen LogP contribution in [-0.2, 0) is 29.3 Å². The molecule has 0 spiro atoms. The van der Waals surface area contributed by atoms with Gasteiger partial charge >= 0.3 is 6.09 Å². The monoisotopic (exact) mass is 674 g/mol. The van der Waals surface area contributed by atoms with Crippen LogP contribution in [0.15, 0.2) is 78.4 Å². The number of allylic oxidation sites excluding steroid dienone is 2. The number of rotatable bonds is 4. The molecule has 2 saturated heterocycles. The van der Waals surface area contributed by atoms with Crippen molar-refractivity contribution in [3.05, 3.63) is 99.6 Å². The lowest BCUT2D eigenvalue weighted by Gasteiger charge is -2.50. The maximum atomic E-state index is 15.2. The van der Waals surface area contributed by atoms with Crippen molar-refractivity contribution in [1.29, 1.82) is 0 Å². The average Bonchev–Trinajstić information content (AvgIpc) is 3.46. The van der Waals surface area contributed by atoms with Crippen LogP contribution < -0.4 is 9.64 Å². The van der Waals surface area contributed by atoms with E-state index in [1.54, 1.807) is 60.7 Å². The number of methoxy groups -OCH3 is 2. The number of halogens is 2. The quantitative estimate of drug-likeness (QED) is 0.278. The Bertz CT molecular complexity index is 1910. The molecule has 0 unspecified atom stereocenters. The van der Waals surface area contributed by atoms with Gasteiger partial charge in [-0.15, -0.1) is 0 Å². The van der Waals surface area contributed by atoms with E-state index >= 15 is 4.79 Å². The van der Waals surface area contributed by atoms with Gasteiger partial charge in [0.2, 0.25) is 23.6 Å². The smallest absolute Gasteiger partial charge is 0.423 e. The summed E-state index contributed by atoms with van der Waals surface area (Å²) in [6.45, 7) is 0. The van der Waals surface area contributed by atoms with Crippen molar-refractivity contribution >= 4 is 58.6 Å². The molecule has 5 amide bonds. The number of amides is 5. The van der Waals surface area contributed by atoms with Crippen LogP contribution in [0.3, 0.4) is 0 Å². The Morgan fingerprint density at radius 1 is 0.915 bits per heavy atom. The minimum absolute atomic E-state index is 0.0387. The fourth-order valence-electron chi connectivity index (χ4n) is 8.31. The number of phenols is 1. The first kappa shape index (κ1) is 31.0. The van der Waals surface area contributed by atoms with Gasteiger partial charge < -0.3 is 14.6 Å². The van der Waals surface area contributed by atoms with Crippen molar-refractivity contribution in [1.82, 2.24) is 4.90 Å². The molecule has 240 valence electrons. The molecule has 3 fully saturated rings. The third kappa shape index (κ3) is 4.27. The maximum Gasteiger partial charge on any atom is 0.423 e. The minimum atomic E-state index is -1.55. The number of aromatic hydroxyl groups is 1. The number of benzene rings is 3. The molecule has 0 bridgehead atoms. The largest absolute Gasteiger partial charge is 0.503 e. The van der Waals surface area contributed by atoms with Crippen LogP contribution in [0.1, 0.15) is 29.9 Å². The van der Waals surface area contributed by atoms with E-state index < -0.39 is 64.7 Å².